The molecule has 116 valence electrons. The van der Waals surface area contributed by atoms with Crippen LogP contribution < -0.4 is 4.74 Å². The lowest BCUT2D eigenvalue weighted by Gasteiger charge is -2.29. The van der Waals surface area contributed by atoms with Crippen LogP contribution in [-0.2, 0) is 10.8 Å². The second-order valence-corrected chi connectivity index (χ2v) is 6.98. The quantitative estimate of drug-likeness (QED) is 0.878. The summed E-state index contributed by atoms with van der Waals surface area (Å²) >= 11 is 0. The predicted molar refractivity (Wildman–Crippen MR) is 86.9 cm³/mol. The number of rotatable bonds is 2. The van der Waals surface area contributed by atoms with Gasteiger partial charge in [-0.25, -0.2) is 0 Å². The highest BCUT2D eigenvalue weighted by molar-refractivity contribution is 5.62. The van der Waals surface area contributed by atoms with Gasteiger partial charge in [-0.2, -0.15) is 0 Å². The summed E-state index contributed by atoms with van der Waals surface area (Å²) in [6.45, 7) is 6.61. The molecule has 0 spiro atoms. The van der Waals surface area contributed by atoms with Crippen molar-refractivity contribution in [2.45, 2.75) is 38.0 Å². The Balaban J connectivity index is 2.30. The fraction of sp³-hybridized carbons (Fsp3) is 0.368. The summed E-state index contributed by atoms with van der Waals surface area (Å²) < 4.78 is 5.52. The van der Waals surface area contributed by atoms with Crippen LogP contribution in [0.3, 0.4) is 0 Å². The highest BCUT2D eigenvalue weighted by atomic mass is 16.5. The molecule has 0 amide bonds. The second-order valence-electron chi connectivity index (χ2n) is 6.98. The minimum atomic E-state index is -0.267. The number of ether oxygens (including phenoxy) is 1. The molecule has 3 heteroatoms. The molecule has 0 radical (unpaired) electrons. The van der Waals surface area contributed by atoms with E-state index < -0.39 is 0 Å². The molecule has 1 unspecified atom stereocenters. The molecule has 2 aromatic carbocycles. The van der Waals surface area contributed by atoms with Gasteiger partial charge in [-0.05, 0) is 41.2 Å². The number of aromatic hydroxyl groups is 2. The van der Waals surface area contributed by atoms with Crippen molar-refractivity contribution in [3.05, 3.63) is 53.1 Å². The zero-order valence-electron chi connectivity index (χ0n) is 13.5. The molecular weight excluding hydrogens is 276 g/mol. The monoisotopic (exact) mass is 298 g/mol. The maximum Gasteiger partial charge on any atom is 0.164 e. The van der Waals surface area contributed by atoms with Gasteiger partial charge in [-0.15, -0.1) is 0 Å². The molecule has 0 bridgehead atoms. The Hall–Kier alpha value is -2.16. The van der Waals surface area contributed by atoms with E-state index in [0.717, 1.165) is 17.5 Å². The first kappa shape index (κ1) is 14.8. The van der Waals surface area contributed by atoms with Crippen molar-refractivity contribution in [3.8, 4) is 17.2 Å². The van der Waals surface area contributed by atoms with Gasteiger partial charge in [-0.1, -0.05) is 39.0 Å². The number of phenolic OH excluding ortho intramolecular Hbond substituents is 2. The third-order valence-electron chi connectivity index (χ3n) is 4.92. The summed E-state index contributed by atoms with van der Waals surface area (Å²) in [5.74, 6) is 0.982. The van der Waals surface area contributed by atoms with E-state index in [-0.39, 0.29) is 22.3 Å². The molecule has 0 fully saturated rings. The molecule has 1 aliphatic carbocycles. The van der Waals surface area contributed by atoms with Gasteiger partial charge in [-0.3, -0.25) is 0 Å². The fourth-order valence-electron chi connectivity index (χ4n) is 4.03. The lowest BCUT2D eigenvalue weighted by molar-refractivity contribution is 0.360. The van der Waals surface area contributed by atoms with E-state index in [1.54, 1.807) is 25.3 Å². The number of hydrogen-bond acceptors (Lipinski definition) is 3. The van der Waals surface area contributed by atoms with Gasteiger partial charge in [0.05, 0.1) is 7.11 Å². The van der Waals surface area contributed by atoms with Crippen molar-refractivity contribution < 1.29 is 14.9 Å². The van der Waals surface area contributed by atoms with Crippen molar-refractivity contribution in [3.63, 3.8) is 0 Å². The van der Waals surface area contributed by atoms with Gasteiger partial charge in [0.15, 0.2) is 11.5 Å². The first-order valence-corrected chi connectivity index (χ1v) is 7.50. The third kappa shape index (κ3) is 1.96. The van der Waals surface area contributed by atoms with Gasteiger partial charge < -0.3 is 14.9 Å². The standard InChI is InChI=1S/C19H22O3/c1-18(2)11-19(3,12-5-7-13(20)8-6-12)16-14(18)9-10-15(21)17(16)22-4/h5-10,20-21H,11H2,1-4H3. The van der Waals surface area contributed by atoms with Crippen LogP contribution in [-0.4, -0.2) is 17.3 Å². The van der Waals surface area contributed by atoms with Crippen molar-refractivity contribution in [1.29, 1.82) is 0 Å². The number of methoxy groups -OCH3 is 1. The molecule has 1 aliphatic rings. The maximum absolute atomic E-state index is 10.2. The third-order valence-corrected chi connectivity index (χ3v) is 4.92. The Kier molecular flexibility index (Phi) is 3.13. The normalized spacial score (nSPS) is 22.4. The average Bonchev–Trinajstić information content (AvgIpc) is 2.67. The molecule has 2 N–H and O–H groups in total. The van der Waals surface area contributed by atoms with Crippen LogP contribution in [0.15, 0.2) is 36.4 Å². The van der Waals surface area contributed by atoms with Crippen LogP contribution >= 0.6 is 0 Å². The summed E-state index contributed by atoms with van der Waals surface area (Å²) in [6, 6.07) is 11.0. The lowest BCUT2D eigenvalue weighted by Crippen LogP contribution is -2.23. The minimum Gasteiger partial charge on any atom is -0.508 e. The molecule has 3 rings (SSSR count). The molecule has 0 aliphatic heterocycles. The molecule has 0 saturated carbocycles. The Morgan fingerprint density at radius 2 is 1.59 bits per heavy atom. The summed E-state index contributed by atoms with van der Waals surface area (Å²) in [6.07, 6.45) is 0.917. The lowest BCUT2D eigenvalue weighted by atomic mass is 9.75. The van der Waals surface area contributed by atoms with E-state index in [1.807, 2.05) is 18.2 Å². The summed E-state index contributed by atoms with van der Waals surface area (Å²) in [5.41, 5.74) is 3.09. The number of benzene rings is 2. The fourth-order valence-corrected chi connectivity index (χ4v) is 4.03. The smallest absolute Gasteiger partial charge is 0.164 e. The first-order valence-electron chi connectivity index (χ1n) is 7.50. The van der Waals surface area contributed by atoms with Crippen LogP contribution in [0.2, 0.25) is 0 Å². The van der Waals surface area contributed by atoms with Crippen LogP contribution in [0, 0.1) is 0 Å². The van der Waals surface area contributed by atoms with Crippen LogP contribution in [0.1, 0.15) is 43.9 Å². The van der Waals surface area contributed by atoms with E-state index in [0.29, 0.717) is 5.75 Å². The van der Waals surface area contributed by atoms with Crippen molar-refractivity contribution >= 4 is 0 Å². The number of hydrogen-bond donors (Lipinski definition) is 2. The van der Waals surface area contributed by atoms with Gasteiger partial charge in [0.25, 0.3) is 0 Å². The highest BCUT2D eigenvalue weighted by Gasteiger charge is 2.48. The van der Waals surface area contributed by atoms with E-state index in [9.17, 15) is 10.2 Å². The SMILES string of the molecule is COc1c(O)ccc2c1C(C)(c1ccc(O)cc1)CC2(C)C. The Morgan fingerprint density at radius 3 is 2.18 bits per heavy atom. The van der Waals surface area contributed by atoms with E-state index in [2.05, 4.69) is 20.8 Å². The molecule has 1 atom stereocenters. The van der Waals surface area contributed by atoms with E-state index in [1.165, 1.54) is 5.56 Å². The largest absolute Gasteiger partial charge is 0.508 e. The maximum atomic E-state index is 10.2. The van der Waals surface area contributed by atoms with E-state index >= 15 is 0 Å². The Morgan fingerprint density at radius 1 is 0.955 bits per heavy atom. The minimum absolute atomic E-state index is 0.0110. The van der Waals surface area contributed by atoms with Gasteiger partial charge in [0, 0.05) is 11.0 Å². The molecule has 22 heavy (non-hydrogen) atoms. The van der Waals surface area contributed by atoms with E-state index in [4.69, 9.17) is 4.74 Å². The van der Waals surface area contributed by atoms with Gasteiger partial charge in [0.2, 0.25) is 0 Å². The average molecular weight is 298 g/mol. The van der Waals surface area contributed by atoms with Crippen LogP contribution in [0.5, 0.6) is 17.2 Å². The molecule has 2 aromatic rings. The van der Waals surface area contributed by atoms with Crippen LogP contribution in [0.25, 0.3) is 0 Å². The highest BCUT2D eigenvalue weighted by Crippen LogP contribution is 2.57. The molecule has 0 saturated heterocycles. The topological polar surface area (TPSA) is 49.7 Å². The molecule has 0 heterocycles. The number of phenols is 2. The van der Waals surface area contributed by atoms with Crippen molar-refractivity contribution in [2.24, 2.45) is 0 Å². The molecule has 3 nitrogen and oxygen atoms in total. The first-order chi connectivity index (χ1) is 10.3. The zero-order chi connectivity index (χ0) is 16.1. The number of fused-ring (bicyclic) bond motifs is 1. The predicted octanol–water partition coefficient (Wildman–Crippen LogP) is 4.09. The Labute approximate surface area is 131 Å². The summed E-state index contributed by atoms with van der Waals surface area (Å²) in [4.78, 5) is 0. The van der Waals surface area contributed by atoms with Gasteiger partial charge in [0.1, 0.15) is 5.75 Å². The summed E-state index contributed by atoms with van der Waals surface area (Å²) in [5, 5.41) is 19.8. The van der Waals surface area contributed by atoms with Crippen LogP contribution in [0.4, 0.5) is 0 Å². The van der Waals surface area contributed by atoms with Crippen molar-refractivity contribution in [2.75, 3.05) is 7.11 Å². The van der Waals surface area contributed by atoms with Gasteiger partial charge >= 0.3 is 0 Å². The second kappa shape index (κ2) is 4.67. The molecule has 0 aromatic heterocycles. The summed E-state index contributed by atoms with van der Waals surface area (Å²) in [7, 11) is 1.60. The zero-order valence-corrected chi connectivity index (χ0v) is 13.5. The van der Waals surface area contributed by atoms with Crippen molar-refractivity contribution in [1.82, 2.24) is 0 Å². The molecular formula is C19H22O3. The Bertz CT molecular complexity index is 716.